The zero-order chi connectivity index (χ0) is 31.3. The Morgan fingerprint density at radius 1 is 0.933 bits per heavy atom. The number of aromatic hydroxyl groups is 1. The van der Waals surface area contributed by atoms with Crippen molar-refractivity contribution in [2.24, 2.45) is 5.92 Å². The van der Waals surface area contributed by atoms with Crippen LogP contribution in [-0.4, -0.2) is 40.5 Å². The fourth-order valence-electron chi connectivity index (χ4n) is 7.42. The zero-order valence-electron chi connectivity index (χ0n) is 24.0. The molecule has 0 aliphatic carbocycles. The summed E-state index contributed by atoms with van der Waals surface area (Å²) in [5, 5.41) is 13.3. The summed E-state index contributed by atoms with van der Waals surface area (Å²) in [5.74, 6) is -2.96. The molecule has 2 fully saturated rings. The van der Waals surface area contributed by atoms with Gasteiger partial charge in [0.2, 0.25) is 5.91 Å². The van der Waals surface area contributed by atoms with Crippen LogP contribution < -0.4 is 5.32 Å². The molecule has 3 aliphatic heterocycles. The number of phenols is 1. The Morgan fingerprint density at radius 3 is 2.27 bits per heavy atom. The molecule has 0 radical (unpaired) electrons. The number of anilines is 1. The van der Waals surface area contributed by atoms with Gasteiger partial charge in [0.05, 0.1) is 12.1 Å². The number of carbonyl (C=O) groups excluding carboxylic acids is 3. The fraction of sp³-hybridized carbons (Fsp3) is 0.194. The smallest absolute Gasteiger partial charge is 0.325 e. The molecule has 1 unspecified atom stereocenters. The number of fused-ring (bicyclic) bond motifs is 3. The number of cyclic esters (lactones) is 1. The zero-order valence-corrected chi connectivity index (χ0v) is 26.2. The lowest BCUT2D eigenvalue weighted by Gasteiger charge is -2.46. The molecule has 4 aromatic carbocycles. The first-order valence-electron chi connectivity index (χ1n) is 14.6. The lowest BCUT2D eigenvalue weighted by molar-refractivity contribution is -0.180. The molecule has 3 heterocycles. The molecule has 3 aliphatic rings. The number of esters is 2. The van der Waals surface area contributed by atoms with Crippen molar-refractivity contribution in [1.82, 2.24) is 4.90 Å². The number of nitrogens with one attached hydrogen (secondary N) is 1. The highest BCUT2D eigenvalue weighted by atomic mass is 127. The number of hydrogen-bond donors (Lipinski definition) is 2. The minimum absolute atomic E-state index is 0.0509. The van der Waals surface area contributed by atoms with Gasteiger partial charge in [-0.15, -0.1) is 0 Å². The average Bonchev–Trinajstić information content (AvgIpc) is 3.53. The molecule has 4 aromatic rings. The number of benzene rings is 4. The number of amides is 1. The van der Waals surface area contributed by atoms with E-state index < -0.39 is 53.4 Å². The van der Waals surface area contributed by atoms with E-state index >= 15 is 0 Å². The van der Waals surface area contributed by atoms with Crippen LogP contribution in [0.2, 0.25) is 0 Å². The van der Waals surface area contributed by atoms with Crippen molar-refractivity contribution in [3.63, 3.8) is 0 Å². The standard InChI is InChI=1S/C36H29IN2O6/c1-2-19-44-33(41)28-30-34(42)45-31(22-11-7-4-8-12-22)29(21-9-5-3-6-10-21)39(30)32(23-13-16-25(40)17-14-23)36(28)26-20-24(37)15-18-27(26)38-35(36)43/h2-18,20,28-32,40H,1,19H2,(H,38,43)/t28-,29-,30?,31+,32+,36-/m0/s1. The summed E-state index contributed by atoms with van der Waals surface area (Å²) in [7, 11) is 0. The SMILES string of the molecule is C=CCOC(=O)[C@@H]1C2C(=O)O[C@H](c3ccccc3)[C@H](c3ccccc3)N2[C@H](c2ccc(O)cc2)[C@@]12C(=O)Nc1ccc(I)cc12. The van der Waals surface area contributed by atoms with Crippen molar-refractivity contribution in [3.8, 4) is 5.75 Å². The number of hydrogen-bond acceptors (Lipinski definition) is 7. The second-order valence-corrected chi connectivity index (χ2v) is 12.7. The second-order valence-electron chi connectivity index (χ2n) is 11.4. The van der Waals surface area contributed by atoms with Gasteiger partial charge in [-0.1, -0.05) is 85.5 Å². The van der Waals surface area contributed by atoms with Gasteiger partial charge in [0.1, 0.15) is 35.8 Å². The number of nitrogens with zero attached hydrogens (tertiary/aromatic N) is 1. The van der Waals surface area contributed by atoms with Crippen molar-refractivity contribution in [2.75, 3.05) is 11.9 Å². The quantitative estimate of drug-likeness (QED) is 0.144. The van der Waals surface area contributed by atoms with Crippen LogP contribution in [-0.2, 0) is 29.3 Å². The Kier molecular flexibility index (Phi) is 7.45. The maximum atomic E-state index is 14.7. The number of rotatable bonds is 6. The van der Waals surface area contributed by atoms with Gasteiger partial charge in [0, 0.05) is 9.26 Å². The van der Waals surface area contributed by atoms with Crippen LogP contribution in [0, 0.1) is 9.49 Å². The van der Waals surface area contributed by atoms with Gasteiger partial charge in [-0.05, 0) is 75.2 Å². The summed E-state index contributed by atoms with van der Waals surface area (Å²) in [6.45, 7) is 3.60. The molecule has 8 nitrogen and oxygen atoms in total. The molecule has 1 amide bonds. The van der Waals surface area contributed by atoms with Gasteiger partial charge in [-0.2, -0.15) is 0 Å². The van der Waals surface area contributed by atoms with E-state index in [0.29, 0.717) is 16.8 Å². The Morgan fingerprint density at radius 2 is 1.60 bits per heavy atom. The van der Waals surface area contributed by atoms with E-state index in [9.17, 15) is 19.5 Å². The predicted molar refractivity (Wildman–Crippen MR) is 175 cm³/mol. The first-order chi connectivity index (χ1) is 21.9. The minimum atomic E-state index is -1.59. The topological polar surface area (TPSA) is 105 Å². The number of carbonyl (C=O) groups is 3. The summed E-state index contributed by atoms with van der Waals surface area (Å²) in [5.41, 5.74) is 1.86. The van der Waals surface area contributed by atoms with Crippen LogP contribution in [0.15, 0.2) is 116 Å². The number of phenolic OH excluding ortho intramolecular Hbond substituents is 1. The maximum absolute atomic E-state index is 14.7. The van der Waals surface area contributed by atoms with E-state index in [2.05, 4.69) is 34.5 Å². The lowest BCUT2D eigenvalue weighted by Crippen LogP contribution is -2.52. The molecule has 7 rings (SSSR count). The first kappa shape index (κ1) is 29.2. The molecular weight excluding hydrogens is 683 g/mol. The predicted octanol–water partition coefficient (Wildman–Crippen LogP) is 6.00. The van der Waals surface area contributed by atoms with Crippen LogP contribution in [0.5, 0.6) is 5.75 Å². The largest absolute Gasteiger partial charge is 0.508 e. The maximum Gasteiger partial charge on any atom is 0.325 e. The van der Waals surface area contributed by atoms with Crippen molar-refractivity contribution in [1.29, 1.82) is 0 Å². The summed E-state index contributed by atoms with van der Waals surface area (Å²) in [6.07, 6.45) is 0.703. The molecule has 0 bridgehead atoms. The van der Waals surface area contributed by atoms with Crippen LogP contribution in [0.3, 0.4) is 0 Å². The number of halogens is 1. The van der Waals surface area contributed by atoms with E-state index in [1.165, 1.54) is 6.08 Å². The van der Waals surface area contributed by atoms with Crippen LogP contribution in [0.25, 0.3) is 0 Å². The molecule has 0 aromatic heterocycles. The van der Waals surface area contributed by atoms with E-state index in [-0.39, 0.29) is 12.4 Å². The summed E-state index contributed by atoms with van der Waals surface area (Å²) >= 11 is 2.19. The third-order valence-corrected chi connectivity index (χ3v) is 9.75. The molecular formula is C36H29IN2O6. The molecule has 1 spiro atoms. The van der Waals surface area contributed by atoms with Gasteiger partial charge in [0.25, 0.3) is 0 Å². The Hall–Kier alpha value is -4.48. The van der Waals surface area contributed by atoms with Gasteiger partial charge in [-0.25, -0.2) is 0 Å². The Balaban J connectivity index is 1.57. The van der Waals surface area contributed by atoms with Crippen molar-refractivity contribution in [2.45, 2.75) is 29.6 Å². The molecule has 2 N–H and O–H groups in total. The fourth-order valence-corrected chi connectivity index (χ4v) is 7.91. The molecule has 0 saturated carbocycles. The van der Waals surface area contributed by atoms with Gasteiger partial charge >= 0.3 is 11.9 Å². The van der Waals surface area contributed by atoms with E-state index in [1.54, 1.807) is 24.3 Å². The highest BCUT2D eigenvalue weighted by Crippen LogP contribution is 2.65. The van der Waals surface area contributed by atoms with Crippen LogP contribution in [0.4, 0.5) is 5.69 Å². The summed E-state index contributed by atoms with van der Waals surface area (Å²) in [4.78, 5) is 45.4. The van der Waals surface area contributed by atoms with Crippen LogP contribution >= 0.6 is 22.6 Å². The van der Waals surface area contributed by atoms with E-state index in [0.717, 1.165) is 14.7 Å². The second kappa shape index (κ2) is 11.5. The minimum Gasteiger partial charge on any atom is -0.508 e. The first-order valence-corrected chi connectivity index (χ1v) is 15.7. The highest BCUT2D eigenvalue weighted by molar-refractivity contribution is 14.1. The highest BCUT2D eigenvalue weighted by Gasteiger charge is 2.74. The molecule has 45 heavy (non-hydrogen) atoms. The monoisotopic (exact) mass is 712 g/mol. The Bertz CT molecular complexity index is 1800. The average molecular weight is 713 g/mol. The number of ether oxygens (including phenoxy) is 2. The lowest BCUT2D eigenvalue weighted by atomic mass is 9.65. The third kappa shape index (κ3) is 4.55. The van der Waals surface area contributed by atoms with E-state index in [4.69, 9.17) is 9.47 Å². The van der Waals surface area contributed by atoms with Crippen molar-refractivity contribution < 1.29 is 29.0 Å². The van der Waals surface area contributed by atoms with Gasteiger partial charge < -0.3 is 19.9 Å². The normalized spacial score (nSPS) is 26.9. The molecule has 6 atom stereocenters. The molecule has 9 heteroatoms. The van der Waals surface area contributed by atoms with E-state index in [1.807, 2.05) is 83.8 Å². The summed E-state index contributed by atoms with van der Waals surface area (Å²) in [6, 6.07) is 28.7. The van der Waals surface area contributed by atoms with Crippen molar-refractivity contribution in [3.05, 3.63) is 142 Å². The Labute approximate surface area is 273 Å². The summed E-state index contributed by atoms with van der Waals surface area (Å²) < 4.78 is 12.9. The van der Waals surface area contributed by atoms with Crippen LogP contribution in [0.1, 0.15) is 40.4 Å². The number of morpholine rings is 1. The molecule has 2 saturated heterocycles. The van der Waals surface area contributed by atoms with Crippen molar-refractivity contribution >= 4 is 46.1 Å². The van der Waals surface area contributed by atoms with Gasteiger partial charge in [0.15, 0.2) is 0 Å². The third-order valence-electron chi connectivity index (χ3n) is 9.08. The molecule has 226 valence electrons. The van der Waals surface area contributed by atoms with Gasteiger partial charge in [-0.3, -0.25) is 19.3 Å².